The van der Waals surface area contributed by atoms with Gasteiger partial charge in [-0.1, -0.05) is 18.7 Å². The zero-order chi connectivity index (χ0) is 12.0. The lowest BCUT2D eigenvalue weighted by molar-refractivity contribution is -0.132. The molecule has 0 amide bonds. The SMILES string of the molecule is C=C(CCCOc1ccccc1Br)C(=O)O. The monoisotopic (exact) mass is 284 g/mol. The summed E-state index contributed by atoms with van der Waals surface area (Å²) >= 11 is 3.36. The van der Waals surface area contributed by atoms with E-state index in [0.29, 0.717) is 19.4 Å². The summed E-state index contributed by atoms with van der Waals surface area (Å²) < 4.78 is 6.38. The summed E-state index contributed by atoms with van der Waals surface area (Å²) in [5, 5.41) is 8.59. The molecule has 0 radical (unpaired) electrons. The number of carboxylic acids is 1. The molecule has 0 spiro atoms. The van der Waals surface area contributed by atoms with Crippen molar-refractivity contribution in [2.24, 2.45) is 0 Å². The molecule has 4 heteroatoms. The van der Waals surface area contributed by atoms with E-state index < -0.39 is 5.97 Å². The molecule has 0 atom stereocenters. The fourth-order valence-electron chi connectivity index (χ4n) is 1.14. The van der Waals surface area contributed by atoms with Gasteiger partial charge >= 0.3 is 5.97 Å². The van der Waals surface area contributed by atoms with E-state index in [9.17, 15) is 4.79 Å². The second-order valence-corrected chi connectivity index (χ2v) is 4.15. The minimum Gasteiger partial charge on any atom is -0.492 e. The average molecular weight is 285 g/mol. The van der Waals surface area contributed by atoms with Crippen LogP contribution < -0.4 is 4.74 Å². The number of aliphatic carboxylic acids is 1. The number of ether oxygens (including phenoxy) is 1. The predicted octanol–water partition coefficient (Wildman–Crippen LogP) is 3.25. The van der Waals surface area contributed by atoms with Crippen LogP contribution in [0.3, 0.4) is 0 Å². The fraction of sp³-hybridized carbons (Fsp3) is 0.250. The lowest BCUT2D eigenvalue weighted by Crippen LogP contribution is -2.03. The second-order valence-electron chi connectivity index (χ2n) is 3.29. The van der Waals surface area contributed by atoms with Crippen molar-refractivity contribution in [1.82, 2.24) is 0 Å². The molecule has 0 saturated heterocycles. The maximum atomic E-state index is 10.5. The van der Waals surface area contributed by atoms with Gasteiger partial charge in [0.05, 0.1) is 11.1 Å². The molecule has 0 saturated carbocycles. The Morgan fingerprint density at radius 3 is 2.75 bits per heavy atom. The third-order valence-electron chi connectivity index (χ3n) is 2.02. The Morgan fingerprint density at radius 2 is 2.12 bits per heavy atom. The van der Waals surface area contributed by atoms with Crippen LogP contribution in [0.1, 0.15) is 12.8 Å². The van der Waals surface area contributed by atoms with Crippen molar-refractivity contribution in [3.63, 3.8) is 0 Å². The Kier molecular flexibility index (Phi) is 5.05. The quantitative estimate of drug-likeness (QED) is 0.644. The van der Waals surface area contributed by atoms with E-state index >= 15 is 0 Å². The molecule has 1 rings (SSSR count). The Bertz CT molecular complexity index is 388. The molecular weight excluding hydrogens is 272 g/mol. The maximum Gasteiger partial charge on any atom is 0.330 e. The van der Waals surface area contributed by atoms with Crippen LogP contribution in [0.2, 0.25) is 0 Å². The minimum atomic E-state index is -0.944. The van der Waals surface area contributed by atoms with Crippen LogP contribution in [0.5, 0.6) is 5.75 Å². The van der Waals surface area contributed by atoms with Crippen LogP contribution >= 0.6 is 15.9 Å². The lowest BCUT2D eigenvalue weighted by atomic mass is 10.2. The molecule has 1 aromatic carbocycles. The Balaban J connectivity index is 2.29. The van der Waals surface area contributed by atoms with Gasteiger partial charge in [0.25, 0.3) is 0 Å². The minimum absolute atomic E-state index is 0.218. The highest BCUT2D eigenvalue weighted by atomic mass is 79.9. The molecule has 3 nitrogen and oxygen atoms in total. The highest BCUT2D eigenvalue weighted by Gasteiger charge is 2.04. The highest BCUT2D eigenvalue weighted by Crippen LogP contribution is 2.23. The summed E-state index contributed by atoms with van der Waals surface area (Å²) in [5.74, 6) is -0.177. The van der Waals surface area contributed by atoms with E-state index in [1.165, 1.54) is 0 Å². The summed E-state index contributed by atoms with van der Waals surface area (Å²) in [6.45, 7) is 3.93. The van der Waals surface area contributed by atoms with Crippen LogP contribution in [-0.2, 0) is 4.79 Å². The van der Waals surface area contributed by atoms with Crippen LogP contribution in [0.25, 0.3) is 0 Å². The molecule has 0 fully saturated rings. The Morgan fingerprint density at radius 1 is 1.44 bits per heavy atom. The molecule has 86 valence electrons. The number of carboxylic acid groups (broad SMARTS) is 1. The average Bonchev–Trinajstić information content (AvgIpc) is 2.26. The zero-order valence-electron chi connectivity index (χ0n) is 8.78. The van der Waals surface area contributed by atoms with Crippen molar-refractivity contribution in [2.75, 3.05) is 6.61 Å². The molecule has 1 N–H and O–H groups in total. The van der Waals surface area contributed by atoms with Crippen molar-refractivity contribution in [3.05, 3.63) is 40.9 Å². The number of hydrogen-bond donors (Lipinski definition) is 1. The number of para-hydroxylation sites is 1. The van der Waals surface area contributed by atoms with Gasteiger partial charge in [0.1, 0.15) is 5.75 Å². The lowest BCUT2D eigenvalue weighted by Gasteiger charge is -2.07. The number of hydrogen-bond acceptors (Lipinski definition) is 2. The van der Waals surface area contributed by atoms with Gasteiger partial charge in [0, 0.05) is 5.57 Å². The van der Waals surface area contributed by atoms with Crippen LogP contribution in [0, 0.1) is 0 Å². The van der Waals surface area contributed by atoms with Crippen molar-refractivity contribution >= 4 is 21.9 Å². The first kappa shape index (κ1) is 12.8. The Hall–Kier alpha value is -1.29. The Labute approximate surface area is 103 Å². The van der Waals surface area contributed by atoms with Crippen molar-refractivity contribution in [3.8, 4) is 5.75 Å². The van der Waals surface area contributed by atoms with Gasteiger partial charge in [-0.25, -0.2) is 4.79 Å². The predicted molar refractivity (Wildman–Crippen MR) is 65.6 cm³/mol. The van der Waals surface area contributed by atoms with Crippen molar-refractivity contribution < 1.29 is 14.6 Å². The largest absolute Gasteiger partial charge is 0.492 e. The van der Waals surface area contributed by atoms with E-state index in [1.54, 1.807) is 0 Å². The number of halogens is 1. The van der Waals surface area contributed by atoms with Crippen LogP contribution in [-0.4, -0.2) is 17.7 Å². The van der Waals surface area contributed by atoms with Gasteiger partial charge in [-0.3, -0.25) is 0 Å². The van der Waals surface area contributed by atoms with Crippen molar-refractivity contribution in [2.45, 2.75) is 12.8 Å². The van der Waals surface area contributed by atoms with E-state index in [4.69, 9.17) is 9.84 Å². The normalized spacial score (nSPS) is 9.81. The summed E-state index contributed by atoms with van der Waals surface area (Å²) in [5.41, 5.74) is 0.218. The smallest absolute Gasteiger partial charge is 0.330 e. The van der Waals surface area contributed by atoms with Gasteiger partial charge in [0.2, 0.25) is 0 Å². The fourth-order valence-corrected chi connectivity index (χ4v) is 1.54. The molecule has 0 aromatic heterocycles. The van der Waals surface area contributed by atoms with Gasteiger partial charge in [-0.2, -0.15) is 0 Å². The molecule has 16 heavy (non-hydrogen) atoms. The third-order valence-corrected chi connectivity index (χ3v) is 2.67. The highest BCUT2D eigenvalue weighted by molar-refractivity contribution is 9.10. The zero-order valence-corrected chi connectivity index (χ0v) is 10.4. The topological polar surface area (TPSA) is 46.5 Å². The first-order valence-corrected chi connectivity index (χ1v) is 5.69. The van der Waals surface area contributed by atoms with Gasteiger partial charge in [0.15, 0.2) is 0 Å². The van der Waals surface area contributed by atoms with Crippen LogP contribution in [0.15, 0.2) is 40.9 Å². The van der Waals surface area contributed by atoms with E-state index in [0.717, 1.165) is 10.2 Å². The number of benzene rings is 1. The van der Waals surface area contributed by atoms with Gasteiger partial charge in [-0.05, 0) is 40.9 Å². The van der Waals surface area contributed by atoms with Crippen LogP contribution in [0.4, 0.5) is 0 Å². The van der Waals surface area contributed by atoms with E-state index in [-0.39, 0.29) is 5.57 Å². The second kappa shape index (κ2) is 6.33. The molecular formula is C12H13BrO3. The number of carbonyl (C=O) groups is 1. The summed E-state index contributed by atoms with van der Waals surface area (Å²) in [4.78, 5) is 10.5. The molecule has 0 aliphatic carbocycles. The first-order chi connectivity index (χ1) is 7.61. The summed E-state index contributed by atoms with van der Waals surface area (Å²) in [6, 6.07) is 7.54. The molecule has 0 heterocycles. The molecule has 0 unspecified atom stereocenters. The molecule has 1 aromatic rings. The molecule has 0 aliphatic rings. The molecule has 0 aliphatic heterocycles. The van der Waals surface area contributed by atoms with Crippen molar-refractivity contribution in [1.29, 1.82) is 0 Å². The van der Waals surface area contributed by atoms with Gasteiger partial charge < -0.3 is 9.84 Å². The third kappa shape index (κ3) is 4.06. The molecule has 0 bridgehead atoms. The maximum absolute atomic E-state index is 10.5. The summed E-state index contributed by atoms with van der Waals surface area (Å²) in [6.07, 6.45) is 1.09. The van der Waals surface area contributed by atoms with E-state index in [1.807, 2.05) is 24.3 Å². The first-order valence-electron chi connectivity index (χ1n) is 4.89. The number of rotatable bonds is 6. The van der Waals surface area contributed by atoms with Gasteiger partial charge in [-0.15, -0.1) is 0 Å². The van der Waals surface area contributed by atoms with E-state index in [2.05, 4.69) is 22.5 Å². The standard InChI is InChI=1S/C12H13BrO3/c1-9(12(14)15)5-4-8-16-11-7-3-2-6-10(11)13/h2-3,6-7H,1,4-5,8H2,(H,14,15). The summed E-state index contributed by atoms with van der Waals surface area (Å²) in [7, 11) is 0.